The van der Waals surface area contributed by atoms with Gasteiger partial charge in [0.25, 0.3) is 0 Å². The normalized spacial score (nSPS) is 21.3. The number of hydrogen-bond acceptors (Lipinski definition) is 7. The van der Waals surface area contributed by atoms with E-state index in [9.17, 15) is 19.5 Å². The van der Waals surface area contributed by atoms with Gasteiger partial charge in [-0.15, -0.1) is 0 Å². The maximum absolute atomic E-state index is 13.9. The van der Waals surface area contributed by atoms with Gasteiger partial charge in [-0.2, -0.15) is 0 Å². The molecule has 0 bridgehead atoms. The molecule has 2 heterocycles. The molecule has 3 fully saturated rings. The molecular formula is C35H48N4O6. The molecule has 1 spiro atoms. The molecule has 244 valence electrons. The van der Waals surface area contributed by atoms with Gasteiger partial charge < -0.3 is 30.1 Å². The lowest BCUT2D eigenvalue weighted by Gasteiger charge is -2.52. The van der Waals surface area contributed by atoms with Gasteiger partial charge in [0.1, 0.15) is 17.3 Å². The number of carbonyl (C=O) groups is 3. The number of aliphatic hydroxyl groups excluding tert-OH is 1. The van der Waals surface area contributed by atoms with Crippen molar-refractivity contribution < 1.29 is 29.0 Å². The number of nitrogens with zero attached hydrogens (tertiary/aromatic N) is 2. The lowest BCUT2D eigenvalue weighted by Crippen LogP contribution is -2.75. The summed E-state index contributed by atoms with van der Waals surface area (Å²) in [5, 5.41) is 16.9. The average molecular weight is 621 g/mol. The molecule has 10 nitrogen and oxygen atoms in total. The van der Waals surface area contributed by atoms with E-state index in [0.717, 1.165) is 50.6 Å². The smallest absolute Gasteiger partial charge is 0.248 e. The molecule has 3 aliphatic rings. The zero-order valence-electron chi connectivity index (χ0n) is 26.8. The molecule has 1 aliphatic carbocycles. The number of piperidine rings is 1. The monoisotopic (exact) mass is 620 g/mol. The molecule has 2 aromatic rings. The lowest BCUT2D eigenvalue weighted by molar-refractivity contribution is -0.166. The third-order valence-electron chi connectivity index (χ3n) is 9.69. The van der Waals surface area contributed by atoms with Crippen LogP contribution in [0.3, 0.4) is 0 Å². The van der Waals surface area contributed by atoms with Crippen LogP contribution in [0.4, 0.5) is 5.69 Å². The molecule has 2 atom stereocenters. The quantitative estimate of drug-likeness (QED) is 0.329. The number of amides is 3. The van der Waals surface area contributed by atoms with Crippen LogP contribution in [0.25, 0.3) is 0 Å². The Balaban J connectivity index is 1.20. The van der Waals surface area contributed by atoms with E-state index in [-0.39, 0.29) is 23.6 Å². The summed E-state index contributed by atoms with van der Waals surface area (Å²) in [4.78, 5) is 43.2. The van der Waals surface area contributed by atoms with Crippen molar-refractivity contribution in [3.05, 3.63) is 48.0 Å². The van der Waals surface area contributed by atoms with Crippen LogP contribution in [0, 0.1) is 5.92 Å². The van der Waals surface area contributed by atoms with E-state index in [4.69, 9.17) is 9.47 Å². The highest BCUT2D eigenvalue weighted by molar-refractivity contribution is 6.00. The summed E-state index contributed by atoms with van der Waals surface area (Å²) in [6, 6.07) is 12.3. The van der Waals surface area contributed by atoms with E-state index in [1.807, 2.05) is 29.2 Å². The van der Waals surface area contributed by atoms with Crippen LogP contribution >= 0.6 is 0 Å². The number of carbonyl (C=O) groups excluding carboxylic acids is 3. The van der Waals surface area contributed by atoms with Crippen molar-refractivity contribution in [3.8, 4) is 17.2 Å². The third kappa shape index (κ3) is 7.44. The Hall–Kier alpha value is -3.63. The standard InChI is InChI=1S/C35H48N4O6/c1-4-5-19-39-33(42)31(32(41)26-9-7-6-8-10-26)37-34(43)35(39)17-20-38(21-18-35)23-25-11-14-28(15-12-25)45-29-16-13-27(36-24(2)40)22-30(29)44-3/h11-16,22,26,31-32,41H,4-10,17-21,23H2,1-3H3,(H,36,40)(H,37,43)/t31-,32-/m1/s1. The number of methoxy groups -OCH3 is 1. The number of likely N-dealkylation sites (tertiary alicyclic amines) is 1. The van der Waals surface area contributed by atoms with Gasteiger partial charge >= 0.3 is 0 Å². The van der Waals surface area contributed by atoms with Crippen molar-refractivity contribution in [2.45, 2.75) is 95.9 Å². The molecule has 1 saturated carbocycles. The molecule has 0 aromatic heterocycles. The van der Waals surface area contributed by atoms with Crippen LogP contribution in [-0.2, 0) is 20.9 Å². The van der Waals surface area contributed by atoms with Gasteiger partial charge in [0.05, 0.1) is 13.2 Å². The molecule has 45 heavy (non-hydrogen) atoms. The fourth-order valence-corrected chi connectivity index (χ4v) is 7.12. The summed E-state index contributed by atoms with van der Waals surface area (Å²) < 4.78 is 11.5. The van der Waals surface area contributed by atoms with Gasteiger partial charge in [-0.3, -0.25) is 19.3 Å². The van der Waals surface area contributed by atoms with Crippen LogP contribution < -0.4 is 20.1 Å². The molecule has 2 aliphatic heterocycles. The summed E-state index contributed by atoms with van der Waals surface area (Å²) in [5.74, 6) is 1.39. The number of piperazine rings is 1. The van der Waals surface area contributed by atoms with Crippen LogP contribution in [0.5, 0.6) is 17.2 Å². The molecule has 2 saturated heterocycles. The Kier molecular flexibility index (Phi) is 10.7. The number of anilines is 1. The van der Waals surface area contributed by atoms with E-state index in [1.165, 1.54) is 13.3 Å². The van der Waals surface area contributed by atoms with Gasteiger partial charge in [-0.1, -0.05) is 44.7 Å². The Bertz CT molecular complexity index is 1330. The molecule has 2 aromatic carbocycles. The molecule has 3 amide bonds. The van der Waals surface area contributed by atoms with Crippen LogP contribution in [-0.4, -0.2) is 77.1 Å². The summed E-state index contributed by atoms with van der Waals surface area (Å²) >= 11 is 0. The molecule has 3 N–H and O–H groups in total. The van der Waals surface area contributed by atoms with Gasteiger partial charge in [0.2, 0.25) is 17.7 Å². The predicted molar refractivity (Wildman–Crippen MR) is 172 cm³/mol. The average Bonchev–Trinajstić information content (AvgIpc) is 3.05. The van der Waals surface area contributed by atoms with Crippen molar-refractivity contribution in [3.63, 3.8) is 0 Å². The van der Waals surface area contributed by atoms with Gasteiger partial charge in [-0.25, -0.2) is 0 Å². The van der Waals surface area contributed by atoms with E-state index in [1.54, 1.807) is 25.3 Å². The van der Waals surface area contributed by atoms with E-state index in [0.29, 0.717) is 55.4 Å². The zero-order valence-corrected chi connectivity index (χ0v) is 26.8. The first-order chi connectivity index (χ1) is 21.7. The largest absolute Gasteiger partial charge is 0.493 e. The van der Waals surface area contributed by atoms with Gasteiger partial charge in [-0.05, 0) is 67.9 Å². The third-order valence-corrected chi connectivity index (χ3v) is 9.69. The second-order valence-corrected chi connectivity index (χ2v) is 12.8. The van der Waals surface area contributed by atoms with Crippen molar-refractivity contribution in [1.29, 1.82) is 0 Å². The number of rotatable bonds is 11. The second-order valence-electron chi connectivity index (χ2n) is 12.8. The summed E-state index contributed by atoms with van der Waals surface area (Å²) in [5.41, 5.74) is 0.886. The minimum absolute atomic E-state index is 0.0614. The van der Waals surface area contributed by atoms with E-state index in [2.05, 4.69) is 22.5 Å². The maximum atomic E-state index is 13.9. The molecule has 5 rings (SSSR count). The fourth-order valence-electron chi connectivity index (χ4n) is 7.12. The SMILES string of the molecule is CCCCN1C(=O)[C@@H]([C@H](O)C2CCCCC2)NC(=O)C12CCN(Cc1ccc(Oc3ccc(NC(C)=O)cc3OC)cc1)CC2. The number of hydrogen-bond donors (Lipinski definition) is 3. The topological polar surface area (TPSA) is 120 Å². The van der Waals surface area contributed by atoms with Crippen LogP contribution in [0.2, 0.25) is 0 Å². The molecule has 10 heteroatoms. The highest BCUT2D eigenvalue weighted by atomic mass is 16.5. The second kappa shape index (κ2) is 14.6. The van der Waals surface area contributed by atoms with Gasteiger partial charge in [0.15, 0.2) is 11.5 Å². The molecule has 0 radical (unpaired) electrons. The summed E-state index contributed by atoms with van der Waals surface area (Å²) in [6.07, 6.45) is 7.17. The van der Waals surface area contributed by atoms with Gasteiger partial charge in [0, 0.05) is 44.9 Å². The maximum Gasteiger partial charge on any atom is 0.248 e. The minimum atomic E-state index is -0.863. The van der Waals surface area contributed by atoms with Crippen LogP contribution in [0.15, 0.2) is 42.5 Å². The first-order valence-corrected chi connectivity index (χ1v) is 16.5. The number of aliphatic hydroxyl groups is 1. The summed E-state index contributed by atoms with van der Waals surface area (Å²) in [7, 11) is 1.56. The first-order valence-electron chi connectivity index (χ1n) is 16.5. The van der Waals surface area contributed by atoms with Crippen molar-refractivity contribution >= 4 is 23.4 Å². The fraction of sp³-hybridized carbons (Fsp3) is 0.571. The Morgan fingerprint density at radius 3 is 2.42 bits per heavy atom. The number of unbranched alkanes of at least 4 members (excludes halogenated alkanes) is 1. The summed E-state index contributed by atoms with van der Waals surface area (Å²) in [6.45, 7) is 6.19. The number of ether oxygens (including phenoxy) is 2. The minimum Gasteiger partial charge on any atom is -0.493 e. The van der Waals surface area contributed by atoms with Crippen molar-refractivity contribution in [1.82, 2.24) is 15.1 Å². The predicted octanol–water partition coefficient (Wildman–Crippen LogP) is 4.85. The highest BCUT2D eigenvalue weighted by Crippen LogP contribution is 2.37. The van der Waals surface area contributed by atoms with Crippen molar-refractivity contribution in [2.24, 2.45) is 5.92 Å². The Labute approximate surface area is 266 Å². The van der Waals surface area contributed by atoms with Crippen molar-refractivity contribution in [2.75, 3.05) is 32.1 Å². The van der Waals surface area contributed by atoms with Crippen LogP contribution in [0.1, 0.15) is 77.2 Å². The van der Waals surface area contributed by atoms with E-state index < -0.39 is 17.7 Å². The lowest BCUT2D eigenvalue weighted by atomic mass is 9.78. The zero-order chi connectivity index (χ0) is 32.0. The number of nitrogens with one attached hydrogen (secondary N) is 2. The Morgan fingerprint density at radius 2 is 1.78 bits per heavy atom. The number of benzene rings is 2. The van der Waals surface area contributed by atoms with E-state index >= 15 is 0 Å². The molecule has 0 unspecified atom stereocenters. The Morgan fingerprint density at radius 1 is 1.07 bits per heavy atom. The first kappa shape index (κ1) is 32.8. The molecular weight excluding hydrogens is 572 g/mol. The highest BCUT2D eigenvalue weighted by Gasteiger charge is 2.55.